The van der Waals surface area contributed by atoms with Crippen molar-refractivity contribution in [3.05, 3.63) is 413 Å². The molecule has 4 nitrogen and oxygen atoms in total. The van der Waals surface area contributed by atoms with Gasteiger partial charge in [0.05, 0.1) is 22.1 Å². The van der Waals surface area contributed by atoms with Crippen molar-refractivity contribution in [1.82, 2.24) is 9.13 Å². The number of rotatable bonds is 14. The number of benzene rings is 16. The Balaban J connectivity index is 0.000000150. The third-order valence-corrected chi connectivity index (χ3v) is 19.2. The summed E-state index contributed by atoms with van der Waals surface area (Å²) in [5, 5.41) is 4.96. The van der Waals surface area contributed by atoms with Crippen LogP contribution in [0.4, 0.5) is 34.1 Å². The minimum atomic E-state index is 1.11. The highest BCUT2D eigenvalue weighted by molar-refractivity contribution is 6.12. The SMILES string of the molecule is c1ccc(-c2ccc(-c3ccc(-n4c5ccccc5c5ccc(N(c6ccccc6)c6ccc(-c7ccccc7)cc6)cc54)cc3)cc2)cc1.c1ccc(-c2ccc(-c3ccc(N(c4ccccc4)c4ccc5c6ccccc6n(-c6ccc(-c7ccccc7)cc6)c5c4)cc3)cc2)cc1. The minimum Gasteiger partial charge on any atom is -0.310 e. The molecule has 18 aromatic rings. The van der Waals surface area contributed by atoms with Gasteiger partial charge in [-0.05, 0) is 176 Å². The van der Waals surface area contributed by atoms with Crippen LogP contribution in [0.25, 0.3) is 122 Å². The topological polar surface area (TPSA) is 16.3 Å². The second-order valence-corrected chi connectivity index (χ2v) is 25.3. The Morgan fingerprint density at radius 1 is 0.140 bits per heavy atom. The van der Waals surface area contributed by atoms with Crippen molar-refractivity contribution in [3.63, 3.8) is 0 Å². The van der Waals surface area contributed by atoms with Gasteiger partial charge in [-0.25, -0.2) is 0 Å². The largest absolute Gasteiger partial charge is 0.310 e. The van der Waals surface area contributed by atoms with E-state index in [0.717, 1.165) is 45.5 Å². The van der Waals surface area contributed by atoms with Crippen LogP contribution in [0, 0.1) is 0 Å². The van der Waals surface area contributed by atoms with Gasteiger partial charge < -0.3 is 18.9 Å². The second-order valence-electron chi connectivity index (χ2n) is 25.3. The maximum atomic E-state index is 2.40. The number of nitrogens with zero attached hydrogens (tertiary/aromatic N) is 4. The van der Waals surface area contributed by atoms with Crippen molar-refractivity contribution in [3.8, 4) is 78.1 Å². The summed E-state index contributed by atoms with van der Waals surface area (Å²) in [5.74, 6) is 0. The van der Waals surface area contributed by atoms with E-state index in [-0.39, 0.29) is 0 Å². The fourth-order valence-electron chi connectivity index (χ4n) is 14.2. The lowest BCUT2D eigenvalue weighted by molar-refractivity contribution is 1.18. The third kappa shape index (κ3) is 12.0. The van der Waals surface area contributed by atoms with Crippen molar-refractivity contribution in [2.75, 3.05) is 9.80 Å². The van der Waals surface area contributed by atoms with Crippen LogP contribution in [-0.4, -0.2) is 9.13 Å². The van der Waals surface area contributed by atoms with Crippen LogP contribution in [0.1, 0.15) is 0 Å². The smallest absolute Gasteiger partial charge is 0.0561 e. The molecule has 0 saturated heterocycles. The van der Waals surface area contributed by atoms with Crippen LogP contribution in [0.5, 0.6) is 0 Å². The predicted molar refractivity (Wildman–Crippen MR) is 424 cm³/mol. The molecular formula is C96H68N4. The van der Waals surface area contributed by atoms with Crippen LogP contribution < -0.4 is 9.80 Å². The van der Waals surface area contributed by atoms with Gasteiger partial charge in [-0.3, -0.25) is 0 Å². The third-order valence-electron chi connectivity index (χ3n) is 19.2. The van der Waals surface area contributed by atoms with E-state index in [9.17, 15) is 0 Å². The van der Waals surface area contributed by atoms with Crippen LogP contribution in [0.2, 0.25) is 0 Å². The Kier molecular flexibility index (Phi) is 16.4. The Hall–Kier alpha value is -13.3. The molecule has 0 saturated carbocycles. The molecule has 0 aliphatic carbocycles. The molecule has 2 aromatic heterocycles. The van der Waals surface area contributed by atoms with E-state index in [4.69, 9.17) is 0 Å². The molecule has 0 bridgehead atoms. The van der Waals surface area contributed by atoms with Gasteiger partial charge >= 0.3 is 0 Å². The molecule has 0 N–H and O–H groups in total. The van der Waals surface area contributed by atoms with Crippen molar-refractivity contribution in [2.24, 2.45) is 0 Å². The fraction of sp³-hybridized carbons (Fsp3) is 0. The van der Waals surface area contributed by atoms with Gasteiger partial charge in [0.25, 0.3) is 0 Å². The number of para-hydroxylation sites is 4. The number of hydrogen-bond acceptors (Lipinski definition) is 2. The Bertz CT molecular complexity index is 5800. The van der Waals surface area contributed by atoms with Crippen molar-refractivity contribution in [1.29, 1.82) is 0 Å². The normalized spacial score (nSPS) is 11.2. The van der Waals surface area contributed by atoms with Crippen molar-refractivity contribution >= 4 is 77.7 Å². The first-order valence-electron chi connectivity index (χ1n) is 34.2. The lowest BCUT2D eigenvalue weighted by Crippen LogP contribution is -2.10. The van der Waals surface area contributed by atoms with E-state index < -0.39 is 0 Å². The number of fused-ring (bicyclic) bond motifs is 6. The van der Waals surface area contributed by atoms with Gasteiger partial charge in [0.15, 0.2) is 0 Å². The summed E-state index contributed by atoms with van der Waals surface area (Å²) in [7, 11) is 0. The van der Waals surface area contributed by atoms with Crippen LogP contribution in [-0.2, 0) is 0 Å². The average molecular weight is 1280 g/mol. The highest BCUT2D eigenvalue weighted by Crippen LogP contribution is 2.43. The summed E-state index contributed by atoms with van der Waals surface area (Å²) >= 11 is 0. The molecule has 0 atom stereocenters. The fourth-order valence-corrected chi connectivity index (χ4v) is 14.2. The summed E-state index contributed by atoms with van der Waals surface area (Å²) in [6.07, 6.45) is 0. The molecule has 0 radical (unpaired) electrons. The van der Waals surface area contributed by atoms with Gasteiger partial charge in [-0.15, -0.1) is 0 Å². The van der Waals surface area contributed by atoms with E-state index in [0.29, 0.717) is 0 Å². The molecule has 4 heteroatoms. The van der Waals surface area contributed by atoms with Gasteiger partial charge in [0.2, 0.25) is 0 Å². The minimum absolute atomic E-state index is 1.11. The molecule has 0 amide bonds. The summed E-state index contributed by atoms with van der Waals surface area (Å²) in [5.41, 5.74) is 28.2. The van der Waals surface area contributed by atoms with Gasteiger partial charge in [0, 0.05) is 67.0 Å². The van der Waals surface area contributed by atoms with Crippen molar-refractivity contribution in [2.45, 2.75) is 0 Å². The highest BCUT2D eigenvalue weighted by Gasteiger charge is 2.21. The molecule has 16 aromatic carbocycles. The summed E-state index contributed by atoms with van der Waals surface area (Å²) in [6.45, 7) is 0. The molecule has 18 rings (SSSR count). The van der Waals surface area contributed by atoms with Gasteiger partial charge in [-0.2, -0.15) is 0 Å². The van der Waals surface area contributed by atoms with E-state index in [2.05, 4.69) is 431 Å². The molecule has 0 spiro atoms. The highest BCUT2D eigenvalue weighted by atomic mass is 15.2. The zero-order valence-corrected chi connectivity index (χ0v) is 55.0. The zero-order chi connectivity index (χ0) is 66.6. The molecule has 0 fully saturated rings. The van der Waals surface area contributed by atoms with Crippen LogP contribution in [0.15, 0.2) is 413 Å². The van der Waals surface area contributed by atoms with Crippen molar-refractivity contribution < 1.29 is 0 Å². The number of hydrogen-bond donors (Lipinski definition) is 0. The molecule has 472 valence electrons. The van der Waals surface area contributed by atoms with Crippen LogP contribution in [0.3, 0.4) is 0 Å². The molecule has 0 aliphatic heterocycles. The lowest BCUT2D eigenvalue weighted by atomic mass is 10.00. The molecule has 2 heterocycles. The monoisotopic (exact) mass is 1280 g/mol. The molecule has 0 unspecified atom stereocenters. The lowest BCUT2D eigenvalue weighted by Gasteiger charge is -2.26. The first kappa shape index (κ1) is 60.4. The van der Waals surface area contributed by atoms with E-state index in [1.54, 1.807) is 0 Å². The molecule has 0 aliphatic rings. The van der Waals surface area contributed by atoms with Gasteiger partial charge in [-0.1, -0.05) is 303 Å². The number of anilines is 6. The Morgan fingerprint density at radius 3 is 0.630 bits per heavy atom. The molecule has 100 heavy (non-hydrogen) atoms. The maximum Gasteiger partial charge on any atom is 0.0561 e. The number of aromatic nitrogens is 2. The Morgan fingerprint density at radius 2 is 0.340 bits per heavy atom. The summed E-state index contributed by atoms with van der Waals surface area (Å²) in [6, 6.07) is 148. The van der Waals surface area contributed by atoms with Crippen LogP contribution >= 0.6 is 0 Å². The van der Waals surface area contributed by atoms with Gasteiger partial charge in [0.1, 0.15) is 0 Å². The standard InChI is InChI=1S/2C48H34N2/c1-4-12-35(13-5-1)37-20-22-38(23-21-37)40-24-28-42(29-25-40)49(41-16-8-3-9-17-41)44-32-33-46-45-18-10-11-19-47(45)50(48(46)34-44)43-30-26-39(27-31-43)36-14-6-2-7-15-36;1-4-12-35(13-5-1)37-20-22-38(23-21-37)40-26-30-43(31-27-40)50-47-19-11-10-18-45(47)46-33-32-44(34-48(46)50)49(41-16-8-3-9-17-41)42-28-24-39(25-29-42)36-14-6-2-7-15-36/h2*1-34H. The predicted octanol–water partition coefficient (Wildman–Crippen LogP) is 26.5. The summed E-state index contributed by atoms with van der Waals surface area (Å²) in [4.78, 5) is 4.70. The van der Waals surface area contributed by atoms with E-state index >= 15 is 0 Å². The first-order chi connectivity index (χ1) is 49.6. The average Bonchev–Trinajstić information content (AvgIpc) is 1.63. The Labute approximate surface area is 583 Å². The van der Waals surface area contributed by atoms with E-state index in [1.165, 1.54) is 110 Å². The maximum absolute atomic E-state index is 2.40. The quantitative estimate of drug-likeness (QED) is 0.108. The molecular weight excluding hydrogens is 1210 g/mol. The summed E-state index contributed by atoms with van der Waals surface area (Å²) < 4.78 is 4.80. The zero-order valence-electron chi connectivity index (χ0n) is 55.0. The van der Waals surface area contributed by atoms with E-state index in [1.807, 2.05) is 0 Å². The first-order valence-corrected chi connectivity index (χ1v) is 34.2. The second kappa shape index (κ2) is 27.1.